The average molecular weight is 389 g/mol. The van der Waals surface area contributed by atoms with E-state index in [4.69, 9.17) is 16.1 Å². The number of nitrogens with zero attached hydrogens (tertiary/aromatic N) is 3. The van der Waals surface area contributed by atoms with E-state index < -0.39 is 0 Å². The van der Waals surface area contributed by atoms with Crippen molar-refractivity contribution in [2.24, 2.45) is 0 Å². The Bertz CT molecular complexity index is 953. The second kappa shape index (κ2) is 7.15. The lowest BCUT2D eigenvalue weighted by atomic mass is 9.92. The van der Waals surface area contributed by atoms with E-state index in [9.17, 15) is 9.18 Å². The van der Waals surface area contributed by atoms with Crippen LogP contribution in [0.1, 0.15) is 41.9 Å². The summed E-state index contributed by atoms with van der Waals surface area (Å²) in [6.07, 6.45) is 3.32. The molecule has 0 aliphatic carbocycles. The summed E-state index contributed by atoms with van der Waals surface area (Å²) < 4.78 is 18.6. The number of carbonyl (C=O) groups is 1. The van der Waals surface area contributed by atoms with Crippen molar-refractivity contribution in [2.45, 2.75) is 31.7 Å². The third-order valence-electron chi connectivity index (χ3n) is 4.91. The van der Waals surface area contributed by atoms with Crippen LogP contribution in [0.15, 0.2) is 41.1 Å². The van der Waals surface area contributed by atoms with Gasteiger partial charge in [-0.3, -0.25) is 4.79 Å². The second-order valence-corrected chi connectivity index (χ2v) is 7.21. The predicted octanol–water partition coefficient (Wildman–Crippen LogP) is 4.27. The number of likely N-dealkylation sites (tertiary alicyclic amines) is 1. The summed E-state index contributed by atoms with van der Waals surface area (Å²) in [4.78, 5) is 22.1. The summed E-state index contributed by atoms with van der Waals surface area (Å²) in [6, 6.07) is 7.42. The Kier molecular flexibility index (Phi) is 4.70. The Morgan fingerprint density at radius 2 is 2.11 bits per heavy atom. The molecular weight excluding hydrogens is 371 g/mol. The van der Waals surface area contributed by atoms with Gasteiger partial charge in [-0.05, 0) is 50.1 Å². The summed E-state index contributed by atoms with van der Waals surface area (Å²) in [5.74, 6) is 0.408. The van der Waals surface area contributed by atoms with Crippen LogP contribution in [-0.2, 0) is 0 Å². The first kappa shape index (κ1) is 17.7. The summed E-state index contributed by atoms with van der Waals surface area (Å²) in [5, 5.41) is 4.58. The van der Waals surface area contributed by atoms with E-state index in [0.29, 0.717) is 34.5 Å². The van der Waals surface area contributed by atoms with Gasteiger partial charge in [0.05, 0.1) is 16.6 Å². The molecule has 8 heteroatoms. The van der Waals surface area contributed by atoms with Gasteiger partial charge in [0, 0.05) is 24.3 Å². The molecule has 6 nitrogen and oxygen atoms in total. The van der Waals surface area contributed by atoms with E-state index in [2.05, 4.69) is 15.1 Å². The van der Waals surface area contributed by atoms with Gasteiger partial charge in [0.1, 0.15) is 5.82 Å². The van der Waals surface area contributed by atoms with Gasteiger partial charge < -0.3 is 14.4 Å². The predicted molar refractivity (Wildman–Crippen MR) is 98.0 cm³/mol. The monoisotopic (exact) mass is 388 g/mol. The molecule has 0 radical (unpaired) electrons. The zero-order valence-corrected chi connectivity index (χ0v) is 15.4. The lowest BCUT2D eigenvalue weighted by Crippen LogP contribution is -2.44. The minimum atomic E-state index is -0.362. The van der Waals surface area contributed by atoms with Crippen molar-refractivity contribution in [3.8, 4) is 11.5 Å². The molecule has 1 fully saturated rings. The van der Waals surface area contributed by atoms with E-state index >= 15 is 0 Å². The highest BCUT2D eigenvalue weighted by atomic mass is 35.5. The molecule has 3 aromatic rings. The van der Waals surface area contributed by atoms with Crippen molar-refractivity contribution < 1.29 is 13.7 Å². The number of amides is 1. The quantitative estimate of drug-likeness (QED) is 0.727. The maximum Gasteiger partial charge on any atom is 0.254 e. The van der Waals surface area contributed by atoms with Crippen LogP contribution in [0.25, 0.3) is 11.5 Å². The standard InChI is InChI=1S/C19H18ClFN4O2/c1-11-2-3-13(10-25(11)19(26)12-4-6-15(21)7-5-12)18-23-17(24-27-18)16-8-14(20)9-22-16/h4-9,11,13,22H,2-3,10H2,1H3/t11-,13+/m1/s1. The van der Waals surface area contributed by atoms with Gasteiger partial charge in [-0.15, -0.1) is 0 Å². The van der Waals surface area contributed by atoms with E-state index in [0.717, 1.165) is 12.8 Å². The molecule has 1 aromatic carbocycles. The average Bonchev–Trinajstić information content (AvgIpc) is 3.31. The second-order valence-electron chi connectivity index (χ2n) is 6.78. The zero-order valence-electron chi connectivity index (χ0n) is 14.7. The molecule has 0 unspecified atom stereocenters. The van der Waals surface area contributed by atoms with Crippen LogP contribution in [0.3, 0.4) is 0 Å². The highest BCUT2D eigenvalue weighted by Gasteiger charge is 2.33. The van der Waals surface area contributed by atoms with Gasteiger partial charge in [-0.25, -0.2) is 4.39 Å². The Labute approximate surface area is 160 Å². The number of aromatic amines is 1. The number of piperidine rings is 1. The minimum absolute atomic E-state index is 0.0442. The van der Waals surface area contributed by atoms with Crippen LogP contribution >= 0.6 is 11.6 Å². The van der Waals surface area contributed by atoms with Crippen molar-refractivity contribution in [3.05, 3.63) is 58.8 Å². The lowest BCUT2D eigenvalue weighted by molar-refractivity contribution is 0.0593. The number of carbonyl (C=O) groups excluding carboxylic acids is 1. The first-order chi connectivity index (χ1) is 13.0. The fraction of sp³-hybridized carbons (Fsp3) is 0.316. The van der Waals surface area contributed by atoms with E-state index in [-0.39, 0.29) is 23.7 Å². The highest BCUT2D eigenvalue weighted by molar-refractivity contribution is 6.30. The summed E-state index contributed by atoms with van der Waals surface area (Å²) in [7, 11) is 0. The lowest BCUT2D eigenvalue weighted by Gasteiger charge is -2.36. The number of rotatable bonds is 3. The molecular formula is C19H18ClFN4O2. The van der Waals surface area contributed by atoms with Crippen LogP contribution in [0.2, 0.25) is 5.02 Å². The molecule has 0 saturated carbocycles. The molecule has 4 rings (SSSR count). The Balaban J connectivity index is 1.53. The first-order valence-corrected chi connectivity index (χ1v) is 9.13. The van der Waals surface area contributed by atoms with E-state index in [1.165, 1.54) is 24.3 Å². The Morgan fingerprint density at radius 1 is 1.33 bits per heavy atom. The van der Waals surface area contributed by atoms with Gasteiger partial charge >= 0.3 is 0 Å². The van der Waals surface area contributed by atoms with Crippen LogP contribution in [0, 0.1) is 5.82 Å². The van der Waals surface area contributed by atoms with E-state index in [1.807, 2.05) is 6.92 Å². The highest BCUT2D eigenvalue weighted by Crippen LogP contribution is 2.31. The molecule has 3 heterocycles. The summed E-state index contributed by atoms with van der Waals surface area (Å²) in [6.45, 7) is 2.49. The van der Waals surface area contributed by atoms with Gasteiger partial charge in [0.25, 0.3) is 5.91 Å². The van der Waals surface area contributed by atoms with Gasteiger partial charge in [-0.1, -0.05) is 16.8 Å². The maximum absolute atomic E-state index is 13.1. The molecule has 2 aromatic heterocycles. The molecule has 1 amide bonds. The number of halogens is 2. The minimum Gasteiger partial charge on any atom is -0.357 e. The molecule has 140 valence electrons. The number of benzene rings is 1. The number of nitrogens with one attached hydrogen (secondary N) is 1. The Hall–Kier alpha value is -2.67. The maximum atomic E-state index is 13.1. The fourth-order valence-corrected chi connectivity index (χ4v) is 3.52. The molecule has 0 bridgehead atoms. The molecule has 2 atom stereocenters. The topological polar surface area (TPSA) is 75.0 Å². The van der Waals surface area contributed by atoms with Crippen LogP contribution in [0.5, 0.6) is 0 Å². The molecule has 1 N–H and O–H groups in total. The molecule has 1 aliphatic heterocycles. The summed E-state index contributed by atoms with van der Waals surface area (Å²) >= 11 is 5.92. The smallest absolute Gasteiger partial charge is 0.254 e. The van der Waals surface area contributed by atoms with Crippen molar-refractivity contribution >= 4 is 17.5 Å². The molecule has 1 aliphatic rings. The first-order valence-electron chi connectivity index (χ1n) is 8.75. The molecule has 27 heavy (non-hydrogen) atoms. The van der Waals surface area contributed by atoms with Crippen molar-refractivity contribution in [1.29, 1.82) is 0 Å². The van der Waals surface area contributed by atoms with Gasteiger partial charge in [0.15, 0.2) is 0 Å². The number of hydrogen-bond acceptors (Lipinski definition) is 4. The number of hydrogen-bond donors (Lipinski definition) is 1. The van der Waals surface area contributed by atoms with Crippen LogP contribution in [0.4, 0.5) is 4.39 Å². The van der Waals surface area contributed by atoms with E-state index in [1.54, 1.807) is 17.2 Å². The third-order valence-corrected chi connectivity index (χ3v) is 5.13. The Morgan fingerprint density at radius 3 is 2.81 bits per heavy atom. The van der Waals surface area contributed by atoms with Crippen molar-refractivity contribution in [3.63, 3.8) is 0 Å². The van der Waals surface area contributed by atoms with Gasteiger partial charge in [-0.2, -0.15) is 4.98 Å². The van der Waals surface area contributed by atoms with Crippen molar-refractivity contribution in [2.75, 3.05) is 6.54 Å². The van der Waals surface area contributed by atoms with Crippen molar-refractivity contribution in [1.82, 2.24) is 20.0 Å². The summed E-state index contributed by atoms with van der Waals surface area (Å²) in [5.41, 5.74) is 1.15. The SMILES string of the molecule is C[C@@H]1CC[C@H](c2nc(-c3cc(Cl)c[nH]3)no2)CN1C(=O)c1ccc(F)cc1. The molecule has 0 spiro atoms. The van der Waals surface area contributed by atoms with Crippen LogP contribution in [-0.4, -0.2) is 38.5 Å². The number of H-pyrrole nitrogens is 1. The zero-order chi connectivity index (χ0) is 19.0. The molecule has 1 saturated heterocycles. The third kappa shape index (κ3) is 3.60. The van der Waals surface area contributed by atoms with Gasteiger partial charge in [0.2, 0.25) is 11.7 Å². The fourth-order valence-electron chi connectivity index (χ4n) is 3.36. The largest absolute Gasteiger partial charge is 0.357 e. The number of aromatic nitrogens is 3. The van der Waals surface area contributed by atoms with Crippen LogP contribution < -0.4 is 0 Å². The normalized spacial score (nSPS) is 20.0.